The Labute approximate surface area is 167 Å². The second-order valence-corrected chi connectivity index (χ2v) is 9.26. The molecule has 0 unspecified atom stereocenters. The molecule has 0 aromatic heterocycles. The van der Waals surface area contributed by atoms with Crippen LogP contribution in [0.3, 0.4) is 0 Å². The van der Waals surface area contributed by atoms with Crippen LogP contribution in [0.1, 0.15) is 26.3 Å². The van der Waals surface area contributed by atoms with Crippen molar-refractivity contribution in [1.29, 1.82) is 0 Å². The minimum atomic E-state index is -4.75. The lowest BCUT2D eigenvalue weighted by Gasteiger charge is -2.37. The monoisotopic (exact) mass is 441 g/mol. The molecule has 11 heteroatoms. The number of hydrogen-bond donors (Lipinski definition) is 1. The SMILES string of the molecule is CC(C)NC(=O)[C@@H](C)N1CCN(S(=O)(=O)c2ccc(Cl)c(C(F)(F)F)c2)CC1. The maximum Gasteiger partial charge on any atom is 0.417 e. The first kappa shape index (κ1) is 22.9. The molecule has 28 heavy (non-hydrogen) atoms. The molecule has 1 aliphatic heterocycles. The van der Waals surface area contributed by atoms with Gasteiger partial charge < -0.3 is 5.32 Å². The van der Waals surface area contributed by atoms with Crippen LogP contribution in [0.2, 0.25) is 5.02 Å². The van der Waals surface area contributed by atoms with Crippen LogP contribution in [0, 0.1) is 0 Å². The molecular formula is C17H23ClF3N3O3S. The minimum absolute atomic E-state index is 0.00986. The number of carbonyl (C=O) groups is 1. The lowest BCUT2D eigenvalue weighted by Crippen LogP contribution is -2.55. The van der Waals surface area contributed by atoms with Gasteiger partial charge in [-0.25, -0.2) is 8.42 Å². The molecule has 1 fully saturated rings. The van der Waals surface area contributed by atoms with Crippen LogP contribution in [0.5, 0.6) is 0 Å². The quantitative estimate of drug-likeness (QED) is 0.762. The summed E-state index contributed by atoms with van der Waals surface area (Å²) in [6.07, 6.45) is -4.75. The molecular weight excluding hydrogens is 419 g/mol. The smallest absolute Gasteiger partial charge is 0.353 e. The van der Waals surface area contributed by atoms with E-state index in [1.165, 1.54) is 0 Å². The third-order valence-electron chi connectivity index (χ3n) is 4.51. The molecule has 0 radical (unpaired) electrons. The van der Waals surface area contributed by atoms with E-state index in [2.05, 4.69) is 5.32 Å². The molecule has 0 spiro atoms. The Morgan fingerprint density at radius 1 is 1.14 bits per heavy atom. The van der Waals surface area contributed by atoms with Crippen LogP contribution in [-0.4, -0.2) is 61.8 Å². The Morgan fingerprint density at radius 3 is 2.21 bits per heavy atom. The maximum atomic E-state index is 13.0. The first-order valence-electron chi connectivity index (χ1n) is 8.75. The first-order chi connectivity index (χ1) is 12.8. The Kier molecular flexibility index (Phi) is 7.01. The van der Waals surface area contributed by atoms with E-state index in [0.29, 0.717) is 19.2 Å². The van der Waals surface area contributed by atoms with Gasteiger partial charge in [0, 0.05) is 32.2 Å². The molecule has 0 saturated carbocycles. The van der Waals surface area contributed by atoms with Gasteiger partial charge in [-0.1, -0.05) is 11.6 Å². The summed E-state index contributed by atoms with van der Waals surface area (Å²) in [6.45, 7) is 6.16. The van der Waals surface area contributed by atoms with Gasteiger partial charge in [-0.3, -0.25) is 9.69 Å². The summed E-state index contributed by atoms with van der Waals surface area (Å²) >= 11 is 5.56. The summed E-state index contributed by atoms with van der Waals surface area (Å²) in [5.41, 5.74) is -1.19. The molecule has 0 bridgehead atoms. The van der Waals surface area contributed by atoms with E-state index in [0.717, 1.165) is 16.4 Å². The lowest BCUT2D eigenvalue weighted by molar-refractivity contribution is -0.137. The fraction of sp³-hybridized carbons (Fsp3) is 0.588. The largest absolute Gasteiger partial charge is 0.417 e. The number of alkyl halides is 3. The number of benzene rings is 1. The van der Waals surface area contributed by atoms with Crippen LogP contribution >= 0.6 is 11.6 Å². The van der Waals surface area contributed by atoms with Gasteiger partial charge in [0.25, 0.3) is 0 Å². The molecule has 1 amide bonds. The van der Waals surface area contributed by atoms with E-state index in [-0.39, 0.29) is 25.0 Å². The lowest BCUT2D eigenvalue weighted by atomic mass is 10.2. The molecule has 1 aliphatic rings. The van der Waals surface area contributed by atoms with Crippen LogP contribution < -0.4 is 5.32 Å². The van der Waals surface area contributed by atoms with E-state index < -0.39 is 37.7 Å². The van der Waals surface area contributed by atoms with Crippen molar-refractivity contribution in [3.63, 3.8) is 0 Å². The molecule has 2 rings (SSSR count). The topological polar surface area (TPSA) is 69.7 Å². The summed E-state index contributed by atoms with van der Waals surface area (Å²) < 4.78 is 65.7. The van der Waals surface area contributed by atoms with E-state index in [1.54, 1.807) is 6.92 Å². The highest BCUT2D eigenvalue weighted by Gasteiger charge is 2.36. The molecule has 1 aromatic carbocycles. The van der Waals surface area contributed by atoms with Crippen LogP contribution in [0.15, 0.2) is 23.1 Å². The Balaban J connectivity index is 2.12. The second kappa shape index (κ2) is 8.56. The Morgan fingerprint density at radius 2 is 1.71 bits per heavy atom. The average molecular weight is 442 g/mol. The highest BCUT2D eigenvalue weighted by molar-refractivity contribution is 7.89. The van der Waals surface area contributed by atoms with Crippen molar-refractivity contribution in [1.82, 2.24) is 14.5 Å². The van der Waals surface area contributed by atoms with Crippen molar-refractivity contribution in [3.8, 4) is 0 Å². The van der Waals surface area contributed by atoms with Crippen LogP contribution in [0.25, 0.3) is 0 Å². The predicted molar refractivity (Wildman–Crippen MR) is 99.5 cm³/mol. The Hall–Kier alpha value is -1.36. The number of piperazine rings is 1. The molecule has 1 saturated heterocycles. The van der Waals surface area contributed by atoms with Crippen molar-refractivity contribution in [2.24, 2.45) is 0 Å². The molecule has 158 valence electrons. The zero-order valence-corrected chi connectivity index (χ0v) is 17.3. The van der Waals surface area contributed by atoms with Gasteiger partial charge in [-0.15, -0.1) is 0 Å². The molecule has 1 atom stereocenters. The van der Waals surface area contributed by atoms with Gasteiger partial charge in [-0.2, -0.15) is 17.5 Å². The van der Waals surface area contributed by atoms with Gasteiger partial charge in [0.15, 0.2) is 0 Å². The highest BCUT2D eigenvalue weighted by atomic mass is 35.5. The van der Waals surface area contributed by atoms with Gasteiger partial charge in [0.05, 0.1) is 21.5 Å². The number of halogens is 4. The van der Waals surface area contributed by atoms with E-state index in [4.69, 9.17) is 11.6 Å². The first-order valence-corrected chi connectivity index (χ1v) is 10.6. The number of nitrogens with zero attached hydrogens (tertiary/aromatic N) is 2. The van der Waals surface area contributed by atoms with Gasteiger partial charge in [0.1, 0.15) is 0 Å². The summed E-state index contributed by atoms with van der Waals surface area (Å²) in [4.78, 5) is 13.5. The Bertz CT molecular complexity index is 823. The van der Waals surface area contributed by atoms with Crippen molar-refractivity contribution in [2.75, 3.05) is 26.2 Å². The number of nitrogens with one attached hydrogen (secondary N) is 1. The van der Waals surface area contributed by atoms with Gasteiger partial charge in [-0.05, 0) is 39.0 Å². The molecule has 6 nitrogen and oxygen atoms in total. The number of carbonyl (C=O) groups excluding carboxylic acids is 1. The van der Waals surface area contributed by atoms with Crippen molar-refractivity contribution in [3.05, 3.63) is 28.8 Å². The number of amides is 1. The second-order valence-electron chi connectivity index (χ2n) is 6.92. The van der Waals surface area contributed by atoms with Crippen LogP contribution in [0.4, 0.5) is 13.2 Å². The summed E-state index contributed by atoms with van der Waals surface area (Å²) in [5.74, 6) is -0.154. The summed E-state index contributed by atoms with van der Waals surface area (Å²) in [6, 6.07) is 2.12. The fourth-order valence-corrected chi connectivity index (χ4v) is 4.61. The number of sulfonamides is 1. The average Bonchev–Trinajstić information content (AvgIpc) is 2.59. The highest BCUT2D eigenvalue weighted by Crippen LogP contribution is 2.36. The molecule has 1 N–H and O–H groups in total. The maximum absolute atomic E-state index is 13.0. The zero-order chi connectivity index (χ0) is 21.3. The summed E-state index contributed by atoms with van der Waals surface area (Å²) in [7, 11) is -4.10. The molecule has 1 aromatic rings. The van der Waals surface area contributed by atoms with E-state index in [1.807, 2.05) is 18.7 Å². The van der Waals surface area contributed by atoms with Crippen molar-refractivity contribution < 1.29 is 26.4 Å². The fourth-order valence-electron chi connectivity index (χ4n) is 2.93. The van der Waals surface area contributed by atoms with Crippen molar-refractivity contribution in [2.45, 2.75) is 43.9 Å². The van der Waals surface area contributed by atoms with Gasteiger partial charge in [0.2, 0.25) is 15.9 Å². The van der Waals surface area contributed by atoms with Crippen molar-refractivity contribution >= 4 is 27.5 Å². The molecule has 1 heterocycles. The number of hydrogen-bond acceptors (Lipinski definition) is 4. The third kappa shape index (κ3) is 5.16. The summed E-state index contributed by atoms with van der Waals surface area (Å²) in [5, 5.41) is 2.25. The number of rotatable bonds is 5. The standard InChI is InChI=1S/C17H23ClF3N3O3S/c1-11(2)22-16(25)12(3)23-6-8-24(9-7-23)28(26,27)13-4-5-15(18)14(10-13)17(19,20)21/h4-5,10-12H,6-9H2,1-3H3,(H,22,25)/t12-/m1/s1. The minimum Gasteiger partial charge on any atom is -0.353 e. The van der Waals surface area contributed by atoms with E-state index in [9.17, 15) is 26.4 Å². The third-order valence-corrected chi connectivity index (χ3v) is 6.74. The predicted octanol–water partition coefficient (Wildman–Crippen LogP) is 2.58. The van der Waals surface area contributed by atoms with Crippen LogP contribution in [-0.2, 0) is 21.0 Å². The zero-order valence-electron chi connectivity index (χ0n) is 15.8. The van der Waals surface area contributed by atoms with Gasteiger partial charge >= 0.3 is 6.18 Å². The van der Waals surface area contributed by atoms with E-state index >= 15 is 0 Å². The molecule has 0 aliphatic carbocycles. The normalized spacial score (nSPS) is 18.3.